The number of carbonyl (C=O) groups is 1. The number of amides is 1. The van der Waals surface area contributed by atoms with Crippen LogP contribution in [0.5, 0.6) is 0 Å². The molecule has 1 aromatic heterocycles. The Morgan fingerprint density at radius 3 is 2.36 bits per heavy atom. The third-order valence-electron chi connectivity index (χ3n) is 6.54. The van der Waals surface area contributed by atoms with Gasteiger partial charge in [-0.2, -0.15) is 0 Å². The summed E-state index contributed by atoms with van der Waals surface area (Å²) in [6.45, 7) is 1.18. The first kappa shape index (κ1) is 24.1. The van der Waals surface area contributed by atoms with Crippen molar-refractivity contribution in [2.24, 2.45) is 5.92 Å². The van der Waals surface area contributed by atoms with Gasteiger partial charge in [0.25, 0.3) is 5.91 Å². The molecule has 3 N–H and O–H groups in total. The number of thiazole rings is 1. The Kier molecular flexibility index (Phi) is 7.04. The van der Waals surface area contributed by atoms with E-state index in [1.807, 2.05) is 6.08 Å². The molecule has 2 fully saturated rings. The quantitative estimate of drug-likeness (QED) is 0.463. The molecule has 2 saturated carbocycles. The molecule has 178 valence electrons. The number of aromatic nitrogens is 1. The van der Waals surface area contributed by atoms with Gasteiger partial charge in [0.2, 0.25) is 0 Å². The number of aliphatic hydroxyl groups is 2. The number of hydrogen-bond donors (Lipinski definition) is 3. The van der Waals surface area contributed by atoms with Crippen molar-refractivity contribution < 1.29 is 23.4 Å². The van der Waals surface area contributed by atoms with Crippen LogP contribution in [-0.4, -0.2) is 48.0 Å². The lowest BCUT2D eigenvalue weighted by molar-refractivity contribution is -0.111. The molecule has 2 aliphatic carbocycles. The zero-order valence-electron chi connectivity index (χ0n) is 18.7. The van der Waals surface area contributed by atoms with Gasteiger partial charge < -0.3 is 10.2 Å². The minimum atomic E-state index is -3.28. The first-order valence-electron chi connectivity index (χ1n) is 11.3. The summed E-state index contributed by atoms with van der Waals surface area (Å²) in [4.78, 5) is 18.0. The van der Waals surface area contributed by atoms with Gasteiger partial charge in [0, 0.05) is 11.0 Å². The summed E-state index contributed by atoms with van der Waals surface area (Å²) in [5, 5.41) is 23.9. The highest BCUT2D eigenvalue weighted by molar-refractivity contribution is 7.92. The topological polar surface area (TPSA) is 117 Å². The van der Waals surface area contributed by atoms with Crippen LogP contribution in [0.15, 0.2) is 40.6 Å². The number of rotatable bonds is 9. The number of aliphatic hydroxyl groups excluding tert-OH is 2. The number of benzene rings is 1. The standard InChI is InChI=1S/C24H30N2O5S2/c1-24(14-27,15-28)21-13-32-23(25-21)26-22(29)20(12-16-4-2-3-5-16)17-6-8-18(9-7-17)33(30,31)19-10-11-19/h6-9,12-13,16,19,27-28H,2-5,10-11,14-15H2,1H3,(H,25,26,29)/b20-12+. The zero-order chi connectivity index (χ0) is 23.6. The highest BCUT2D eigenvalue weighted by Gasteiger charge is 2.36. The molecular formula is C24H30N2O5S2. The number of nitrogens with zero attached hydrogens (tertiary/aromatic N) is 1. The Balaban J connectivity index is 1.59. The summed E-state index contributed by atoms with van der Waals surface area (Å²) >= 11 is 1.23. The number of sulfone groups is 1. The van der Waals surface area contributed by atoms with Crippen LogP contribution in [-0.2, 0) is 20.0 Å². The fraction of sp³-hybridized carbons (Fsp3) is 0.500. The van der Waals surface area contributed by atoms with E-state index in [9.17, 15) is 23.4 Å². The van der Waals surface area contributed by atoms with E-state index in [1.165, 1.54) is 11.3 Å². The number of anilines is 1. The van der Waals surface area contributed by atoms with E-state index >= 15 is 0 Å². The summed E-state index contributed by atoms with van der Waals surface area (Å²) in [5.41, 5.74) is 0.802. The minimum Gasteiger partial charge on any atom is -0.395 e. The second-order valence-electron chi connectivity index (χ2n) is 9.26. The van der Waals surface area contributed by atoms with Gasteiger partial charge in [-0.25, -0.2) is 13.4 Å². The van der Waals surface area contributed by atoms with Crippen molar-refractivity contribution in [2.75, 3.05) is 18.5 Å². The van der Waals surface area contributed by atoms with Gasteiger partial charge in [0.1, 0.15) is 0 Å². The third-order valence-corrected chi connectivity index (χ3v) is 9.58. The van der Waals surface area contributed by atoms with Crippen molar-refractivity contribution in [1.29, 1.82) is 0 Å². The van der Waals surface area contributed by atoms with Gasteiger partial charge in [-0.05, 0) is 56.2 Å². The molecule has 0 radical (unpaired) electrons. The molecule has 1 aromatic carbocycles. The fourth-order valence-corrected chi connectivity index (χ4v) is 6.56. The predicted octanol–water partition coefficient (Wildman–Crippen LogP) is 3.53. The van der Waals surface area contributed by atoms with E-state index in [-0.39, 0.29) is 24.4 Å². The minimum absolute atomic E-state index is 0.260. The Morgan fingerprint density at radius 2 is 1.79 bits per heavy atom. The Labute approximate surface area is 198 Å². The highest BCUT2D eigenvalue weighted by atomic mass is 32.2. The Morgan fingerprint density at radius 1 is 1.15 bits per heavy atom. The molecule has 0 spiro atoms. The molecular weight excluding hydrogens is 460 g/mol. The number of carbonyl (C=O) groups excluding carboxylic acids is 1. The van der Waals surface area contributed by atoms with E-state index < -0.39 is 15.3 Å². The first-order valence-corrected chi connectivity index (χ1v) is 13.7. The van der Waals surface area contributed by atoms with Crippen LogP contribution in [0, 0.1) is 5.92 Å². The molecule has 2 aliphatic rings. The van der Waals surface area contributed by atoms with Gasteiger partial charge in [0.15, 0.2) is 15.0 Å². The van der Waals surface area contributed by atoms with Crippen molar-refractivity contribution in [3.8, 4) is 0 Å². The van der Waals surface area contributed by atoms with Crippen LogP contribution in [0.4, 0.5) is 5.13 Å². The number of hydrogen-bond acceptors (Lipinski definition) is 7. The molecule has 0 saturated heterocycles. The molecule has 1 heterocycles. The monoisotopic (exact) mass is 490 g/mol. The summed E-state index contributed by atoms with van der Waals surface area (Å²) in [7, 11) is -3.28. The molecule has 0 bridgehead atoms. The lowest BCUT2D eigenvalue weighted by atomic mass is 9.90. The van der Waals surface area contributed by atoms with E-state index in [0.717, 1.165) is 25.7 Å². The van der Waals surface area contributed by atoms with Crippen LogP contribution in [0.1, 0.15) is 56.7 Å². The summed E-state index contributed by atoms with van der Waals surface area (Å²) in [6, 6.07) is 6.59. The normalized spacial score (nSPS) is 18.0. The third kappa shape index (κ3) is 5.21. The van der Waals surface area contributed by atoms with Crippen LogP contribution >= 0.6 is 11.3 Å². The van der Waals surface area contributed by atoms with Gasteiger partial charge in [-0.3, -0.25) is 10.1 Å². The molecule has 9 heteroatoms. The first-order chi connectivity index (χ1) is 15.8. The Bertz CT molecular complexity index is 1120. The van der Waals surface area contributed by atoms with Crippen molar-refractivity contribution >= 4 is 37.8 Å². The molecule has 33 heavy (non-hydrogen) atoms. The maximum atomic E-state index is 13.3. The maximum absolute atomic E-state index is 13.3. The van der Waals surface area contributed by atoms with Crippen LogP contribution < -0.4 is 5.32 Å². The second kappa shape index (κ2) is 9.66. The van der Waals surface area contributed by atoms with Crippen LogP contribution in [0.3, 0.4) is 0 Å². The fourth-order valence-electron chi connectivity index (χ4n) is 4.04. The molecule has 1 amide bonds. The highest BCUT2D eigenvalue weighted by Crippen LogP contribution is 2.35. The number of allylic oxidation sites excluding steroid dienone is 1. The van der Waals surface area contributed by atoms with E-state index in [1.54, 1.807) is 36.6 Å². The largest absolute Gasteiger partial charge is 0.395 e. The van der Waals surface area contributed by atoms with Gasteiger partial charge in [-0.15, -0.1) is 11.3 Å². The smallest absolute Gasteiger partial charge is 0.257 e. The number of nitrogens with one attached hydrogen (secondary N) is 1. The maximum Gasteiger partial charge on any atom is 0.257 e. The molecule has 4 rings (SSSR count). The van der Waals surface area contributed by atoms with Crippen LogP contribution in [0.2, 0.25) is 0 Å². The average Bonchev–Trinajstić information content (AvgIpc) is 3.38. The van der Waals surface area contributed by atoms with E-state index in [2.05, 4.69) is 10.3 Å². The molecule has 0 aliphatic heterocycles. The van der Waals surface area contributed by atoms with Gasteiger partial charge >= 0.3 is 0 Å². The van der Waals surface area contributed by atoms with Crippen molar-refractivity contribution in [3.05, 3.63) is 47.0 Å². The van der Waals surface area contributed by atoms with Crippen molar-refractivity contribution in [3.63, 3.8) is 0 Å². The van der Waals surface area contributed by atoms with E-state index in [4.69, 9.17) is 0 Å². The molecule has 0 unspecified atom stereocenters. The molecule has 7 nitrogen and oxygen atoms in total. The lowest BCUT2D eigenvalue weighted by Gasteiger charge is -2.21. The summed E-state index contributed by atoms with van der Waals surface area (Å²) in [5.74, 6) is -0.00477. The molecule has 2 aromatic rings. The SMILES string of the molecule is CC(CO)(CO)c1csc(NC(=O)/C(=C/C2CCCC2)c2ccc(S(=O)(=O)C3CC3)cc2)n1. The van der Waals surface area contributed by atoms with Crippen molar-refractivity contribution in [2.45, 2.75) is 61.0 Å². The summed E-state index contributed by atoms with van der Waals surface area (Å²) < 4.78 is 25.1. The van der Waals surface area contributed by atoms with Crippen molar-refractivity contribution in [1.82, 2.24) is 4.98 Å². The van der Waals surface area contributed by atoms with Crippen LogP contribution in [0.25, 0.3) is 5.57 Å². The summed E-state index contributed by atoms with van der Waals surface area (Å²) in [6.07, 6.45) is 7.72. The average molecular weight is 491 g/mol. The zero-order valence-corrected chi connectivity index (χ0v) is 20.3. The molecule has 0 atom stereocenters. The lowest BCUT2D eigenvalue weighted by Crippen LogP contribution is -2.31. The predicted molar refractivity (Wildman–Crippen MR) is 129 cm³/mol. The Hall–Kier alpha value is -2.07. The van der Waals surface area contributed by atoms with Gasteiger partial charge in [-0.1, -0.05) is 31.1 Å². The van der Waals surface area contributed by atoms with Gasteiger partial charge in [0.05, 0.1) is 34.5 Å². The van der Waals surface area contributed by atoms with E-state index in [0.29, 0.717) is 45.6 Å². The second-order valence-corrected chi connectivity index (χ2v) is 12.3.